The number of rotatable bonds is 30. The van der Waals surface area contributed by atoms with Gasteiger partial charge >= 0.3 is 5.97 Å². The maximum Gasteiger partial charge on any atom is 0.306 e. The van der Waals surface area contributed by atoms with E-state index in [2.05, 4.69) is 86.8 Å². The first-order chi connectivity index (χ1) is 20.7. The van der Waals surface area contributed by atoms with Gasteiger partial charge in [-0.3, -0.25) is 4.79 Å². The van der Waals surface area contributed by atoms with Crippen LogP contribution < -0.4 is 0 Å². The van der Waals surface area contributed by atoms with Crippen molar-refractivity contribution in [3.63, 3.8) is 0 Å². The van der Waals surface area contributed by atoms with Gasteiger partial charge < -0.3 is 14.6 Å². The molecule has 0 aromatic heterocycles. The Balaban J connectivity index is 3.60. The summed E-state index contributed by atoms with van der Waals surface area (Å²) in [6.07, 6.45) is 46.5. The molecule has 0 radical (unpaired) electrons. The van der Waals surface area contributed by atoms with Crippen LogP contribution in [0.25, 0.3) is 0 Å². The molecule has 1 N–H and O–H groups in total. The molecule has 0 amide bonds. The molecule has 0 aliphatic rings. The lowest BCUT2D eigenvalue weighted by atomic mass is 10.1. The second-order valence-electron chi connectivity index (χ2n) is 10.8. The van der Waals surface area contributed by atoms with Gasteiger partial charge in [-0.2, -0.15) is 0 Å². The van der Waals surface area contributed by atoms with Crippen LogP contribution in [0.2, 0.25) is 0 Å². The minimum Gasteiger partial charge on any atom is -0.457 e. The van der Waals surface area contributed by atoms with Crippen LogP contribution in [0.5, 0.6) is 0 Å². The Bertz CT molecular complexity index is 744. The Hall–Kier alpha value is -2.17. The number of carbonyl (C=O) groups excluding carboxylic acids is 1. The van der Waals surface area contributed by atoms with E-state index < -0.39 is 6.10 Å². The van der Waals surface area contributed by atoms with Crippen LogP contribution in [0.15, 0.2) is 72.9 Å². The molecule has 1 unspecified atom stereocenters. The summed E-state index contributed by atoms with van der Waals surface area (Å²) in [4.78, 5) is 12.1. The topological polar surface area (TPSA) is 55.8 Å². The third-order valence-corrected chi connectivity index (χ3v) is 6.77. The zero-order valence-electron chi connectivity index (χ0n) is 27.2. The zero-order valence-corrected chi connectivity index (χ0v) is 27.2. The summed E-state index contributed by atoms with van der Waals surface area (Å²) in [7, 11) is 0. The third-order valence-electron chi connectivity index (χ3n) is 6.77. The molecule has 0 saturated heterocycles. The number of hydrogen-bond donors (Lipinski definition) is 1. The summed E-state index contributed by atoms with van der Waals surface area (Å²) in [6, 6.07) is 0. The fourth-order valence-electron chi connectivity index (χ4n) is 4.23. The number of carbonyl (C=O) groups is 1. The van der Waals surface area contributed by atoms with Gasteiger partial charge in [0.05, 0.1) is 13.2 Å². The van der Waals surface area contributed by atoms with Gasteiger partial charge in [-0.1, -0.05) is 119 Å². The second-order valence-corrected chi connectivity index (χ2v) is 10.8. The fourth-order valence-corrected chi connectivity index (χ4v) is 4.23. The lowest BCUT2D eigenvalue weighted by Gasteiger charge is -2.15. The summed E-state index contributed by atoms with van der Waals surface area (Å²) in [5, 5.41) is 9.52. The van der Waals surface area contributed by atoms with Gasteiger partial charge in [0.15, 0.2) is 0 Å². The van der Waals surface area contributed by atoms with Gasteiger partial charge in [0, 0.05) is 13.0 Å². The Morgan fingerprint density at radius 2 is 1.07 bits per heavy atom. The summed E-state index contributed by atoms with van der Waals surface area (Å²) < 4.78 is 11.0. The monoisotopic (exact) mass is 584 g/mol. The van der Waals surface area contributed by atoms with E-state index in [-0.39, 0.29) is 19.2 Å². The van der Waals surface area contributed by atoms with Crippen molar-refractivity contribution in [3.05, 3.63) is 72.9 Å². The van der Waals surface area contributed by atoms with Crippen LogP contribution in [0.4, 0.5) is 0 Å². The molecule has 4 heteroatoms. The Labute approximate surface area is 259 Å². The van der Waals surface area contributed by atoms with Crippen molar-refractivity contribution < 1.29 is 19.4 Å². The highest BCUT2D eigenvalue weighted by Gasteiger charge is 2.13. The molecule has 0 fully saturated rings. The van der Waals surface area contributed by atoms with Crippen molar-refractivity contribution in [2.24, 2.45) is 0 Å². The predicted octanol–water partition coefficient (Wildman–Crippen LogP) is 10.7. The molecule has 0 aromatic carbocycles. The predicted molar refractivity (Wildman–Crippen MR) is 182 cm³/mol. The average molecular weight is 585 g/mol. The van der Waals surface area contributed by atoms with Crippen LogP contribution in [0.1, 0.15) is 136 Å². The maximum atomic E-state index is 12.1. The summed E-state index contributed by atoms with van der Waals surface area (Å²) in [5.41, 5.74) is 0. The van der Waals surface area contributed by atoms with Crippen LogP contribution in [-0.2, 0) is 14.3 Å². The van der Waals surface area contributed by atoms with Gasteiger partial charge in [0.1, 0.15) is 6.10 Å². The van der Waals surface area contributed by atoms with Gasteiger partial charge in [0.25, 0.3) is 0 Å². The van der Waals surface area contributed by atoms with Crippen LogP contribution in [0, 0.1) is 0 Å². The van der Waals surface area contributed by atoms with Crippen LogP contribution in [-0.4, -0.2) is 37.0 Å². The Morgan fingerprint density at radius 1 is 0.595 bits per heavy atom. The SMILES string of the molecule is CC/C=C\C/C=C\C/C=C\C/C=C\C/C=C\CCCCOCC(CO)OC(=O)CCCCCCC/C=C\CCCCC. The number of esters is 1. The third kappa shape index (κ3) is 32.3. The summed E-state index contributed by atoms with van der Waals surface area (Å²) in [5.74, 6) is -0.231. The lowest BCUT2D eigenvalue weighted by Crippen LogP contribution is -2.27. The first-order valence-corrected chi connectivity index (χ1v) is 17.0. The van der Waals surface area contributed by atoms with Gasteiger partial charge in [-0.15, -0.1) is 0 Å². The number of unbranched alkanes of at least 4 members (excludes halogenated alkanes) is 10. The zero-order chi connectivity index (χ0) is 30.6. The van der Waals surface area contributed by atoms with E-state index in [1.807, 2.05) is 0 Å². The number of hydrogen-bond acceptors (Lipinski definition) is 4. The van der Waals surface area contributed by atoms with E-state index in [1.54, 1.807) is 0 Å². The van der Waals surface area contributed by atoms with E-state index in [4.69, 9.17) is 9.47 Å². The Kier molecular flexibility index (Phi) is 33.2. The highest BCUT2D eigenvalue weighted by Crippen LogP contribution is 2.10. The van der Waals surface area contributed by atoms with Gasteiger partial charge in [0.2, 0.25) is 0 Å². The number of allylic oxidation sites excluding steroid dienone is 12. The van der Waals surface area contributed by atoms with Crippen molar-refractivity contribution in [2.75, 3.05) is 19.8 Å². The molecule has 0 heterocycles. The summed E-state index contributed by atoms with van der Waals surface area (Å²) >= 11 is 0. The van der Waals surface area contributed by atoms with Crippen molar-refractivity contribution in [1.29, 1.82) is 0 Å². The Morgan fingerprint density at radius 3 is 1.64 bits per heavy atom. The van der Waals surface area contributed by atoms with E-state index in [9.17, 15) is 9.90 Å². The highest BCUT2D eigenvalue weighted by molar-refractivity contribution is 5.69. The van der Waals surface area contributed by atoms with Crippen molar-refractivity contribution in [3.8, 4) is 0 Å². The highest BCUT2D eigenvalue weighted by atomic mass is 16.6. The molecule has 1 atom stereocenters. The van der Waals surface area contributed by atoms with E-state index >= 15 is 0 Å². The van der Waals surface area contributed by atoms with E-state index in [0.717, 1.165) is 77.0 Å². The molecule has 42 heavy (non-hydrogen) atoms. The second kappa shape index (κ2) is 35.0. The standard InChI is InChI=1S/C38H64O4/c1-3-5-7-9-11-13-15-17-18-19-20-21-22-24-26-28-30-32-34-41-36-37(35-39)42-38(40)33-31-29-27-25-23-16-14-12-10-8-6-4-2/h5,7,11-14,17-18,20-21,24,26,37,39H,3-4,6,8-10,15-16,19,22-23,25,27-36H2,1-2H3/b7-5-,13-11-,14-12-,18-17-,21-20-,26-24-. The molecule has 0 rings (SSSR count). The van der Waals surface area contributed by atoms with E-state index in [1.165, 1.54) is 38.5 Å². The molecule has 4 nitrogen and oxygen atoms in total. The van der Waals surface area contributed by atoms with Crippen molar-refractivity contribution >= 4 is 5.97 Å². The molecule has 240 valence electrons. The molecule has 0 aliphatic heterocycles. The smallest absolute Gasteiger partial charge is 0.306 e. The number of ether oxygens (including phenoxy) is 2. The quantitative estimate of drug-likeness (QED) is 0.0518. The minimum absolute atomic E-state index is 0.197. The van der Waals surface area contributed by atoms with Crippen LogP contribution in [0.3, 0.4) is 0 Å². The number of aliphatic hydroxyl groups excluding tert-OH is 1. The lowest BCUT2D eigenvalue weighted by molar-refractivity contribution is -0.154. The first kappa shape index (κ1) is 39.8. The minimum atomic E-state index is -0.562. The number of aliphatic hydroxyl groups is 1. The maximum absolute atomic E-state index is 12.1. The van der Waals surface area contributed by atoms with Crippen molar-refractivity contribution in [1.82, 2.24) is 0 Å². The molecule has 0 aromatic rings. The van der Waals surface area contributed by atoms with Crippen molar-refractivity contribution in [2.45, 2.75) is 142 Å². The summed E-state index contributed by atoms with van der Waals surface area (Å²) in [6.45, 7) is 5.07. The normalized spacial score (nSPS) is 13.3. The first-order valence-electron chi connectivity index (χ1n) is 17.0. The molecule has 0 bridgehead atoms. The molecular formula is C38H64O4. The molecular weight excluding hydrogens is 520 g/mol. The largest absolute Gasteiger partial charge is 0.457 e. The van der Waals surface area contributed by atoms with Gasteiger partial charge in [-0.25, -0.2) is 0 Å². The average Bonchev–Trinajstić information content (AvgIpc) is 3.00. The molecule has 0 saturated carbocycles. The molecule has 0 spiro atoms. The molecule has 0 aliphatic carbocycles. The fraction of sp³-hybridized carbons (Fsp3) is 0.658. The van der Waals surface area contributed by atoms with Gasteiger partial charge in [-0.05, 0) is 83.5 Å². The van der Waals surface area contributed by atoms with Crippen LogP contribution >= 0.6 is 0 Å². The van der Waals surface area contributed by atoms with E-state index in [0.29, 0.717) is 13.0 Å².